The maximum absolute atomic E-state index is 5.29. The van der Waals surface area contributed by atoms with E-state index in [1.165, 1.54) is 11.1 Å². The first-order valence-electron chi connectivity index (χ1n) is 6.20. The fourth-order valence-corrected chi connectivity index (χ4v) is 1.96. The topological polar surface area (TPSA) is 25.2 Å². The number of aryl methyl sites for hydroxylation is 1. The Morgan fingerprint density at radius 3 is 2.59 bits per heavy atom. The minimum absolute atomic E-state index is 0.935. The molecule has 17 heavy (non-hydrogen) atoms. The highest BCUT2D eigenvalue weighted by molar-refractivity contribution is 5.26. The molecule has 0 aliphatic carbocycles. The molecule has 1 aromatic carbocycles. The molecule has 0 fully saturated rings. The van der Waals surface area contributed by atoms with Crippen LogP contribution in [-0.2, 0) is 19.4 Å². The monoisotopic (exact) mass is 229 g/mol. The second kappa shape index (κ2) is 6.26. The Kier molecular flexibility index (Phi) is 4.39. The molecule has 0 aliphatic rings. The summed E-state index contributed by atoms with van der Waals surface area (Å²) in [6, 6.07) is 12.5. The summed E-state index contributed by atoms with van der Waals surface area (Å²) in [7, 11) is 0. The summed E-state index contributed by atoms with van der Waals surface area (Å²) in [5.41, 5.74) is 2.83. The van der Waals surface area contributed by atoms with Crippen LogP contribution in [0.15, 0.2) is 47.1 Å². The van der Waals surface area contributed by atoms with E-state index in [4.69, 9.17) is 4.42 Å². The lowest BCUT2D eigenvalue weighted by molar-refractivity contribution is 0.498. The number of hydrogen-bond acceptors (Lipinski definition) is 2. The van der Waals surface area contributed by atoms with Crippen molar-refractivity contribution in [3.63, 3.8) is 0 Å². The highest BCUT2D eigenvalue weighted by atomic mass is 16.3. The van der Waals surface area contributed by atoms with Crippen molar-refractivity contribution in [3.8, 4) is 0 Å². The molecule has 2 nitrogen and oxygen atoms in total. The zero-order valence-corrected chi connectivity index (χ0v) is 10.3. The Bertz CT molecular complexity index is 434. The Labute approximate surface area is 103 Å². The Morgan fingerprint density at radius 2 is 1.88 bits per heavy atom. The second-order valence-corrected chi connectivity index (χ2v) is 4.13. The molecule has 0 aliphatic heterocycles. The molecule has 0 saturated heterocycles. The number of benzene rings is 1. The standard InChI is InChI=1S/C15H19NO/c1-2-13-6-3-4-7-14(13)12-16-10-9-15-8-5-11-17-15/h3-8,11,16H,2,9-10,12H2,1H3. The van der Waals surface area contributed by atoms with Gasteiger partial charge in [-0.3, -0.25) is 0 Å². The molecule has 1 heterocycles. The predicted octanol–water partition coefficient (Wildman–Crippen LogP) is 3.17. The van der Waals surface area contributed by atoms with Crippen LogP contribution in [0.3, 0.4) is 0 Å². The largest absolute Gasteiger partial charge is 0.469 e. The maximum Gasteiger partial charge on any atom is 0.105 e. The molecule has 2 heteroatoms. The molecule has 0 unspecified atom stereocenters. The van der Waals surface area contributed by atoms with E-state index in [1.54, 1.807) is 6.26 Å². The van der Waals surface area contributed by atoms with E-state index < -0.39 is 0 Å². The molecular weight excluding hydrogens is 210 g/mol. The summed E-state index contributed by atoms with van der Waals surface area (Å²) in [5.74, 6) is 1.04. The predicted molar refractivity (Wildman–Crippen MR) is 69.9 cm³/mol. The van der Waals surface area contributed by atoms with Crippen molar-refractivity contribution in [1.82, 2.24) is 5.32 Å². The summed E-state index contributed by atoms with van der Waals surface area (Å²) < 4.78 is 5.29. The van der Waals surface area contributed by atoms with Gasteiger partial charge in [0.1, 0.15) is 5.76 Å². The van der Waals surface area contributed by atoms with Crippen LogP contribution >= 0.6 is 0 Å². The quantitative estimate of drug-likeness (QED) is 0.770. The first kappa shape index (κ1) is 11.9. The number of rotatable bonds is 6. The molecule has 90 valence electrons. The van der Waals surface area contributed by atoms with Gasteiger partial charge in [-0.25, -0.2) is 0 Å². The molecule has 0 radical (unpaired) electrons. The smallest absolute Gasteiger partial charge is 0.105 e. The van der Waals surface area contributed by atoms with Crippen molar-refractivity contribution in [1.29, 1.82) is 0 Å². The van der Waals surface area contributed by atoms with E-state index in [0.717, 1.165) is 31.7 Å². The van der Waals surface area contributed by atoms with Crippen LogP contribution < -0.4 is 5.32 Å². The van der Waals surface area contributed by atoms with Gasteiger partial charge in [0.2, 0.25) is 0 Å². The average molecular weight is 229 g/mol. The molecule has 0 saturated carbocycles. The normalized spacial score (nSPS) is 10.6. The van der Waals surface area contributed by atoms with Gasteiger partial charge in [-0.05, 0) is 29.7 Å². The summed E-state index contributed by atoms with van der Waals surface area (Å²) in [5, 5.41) is 3.45. The third-order valence-electron chi connectivity index (χ3n) is 2.94. The van der Waals surface area contributed by atoms with Crippen molar-refractivity contribution in [2.75, 3.05) is 6.54 Å². The van der Waals surface area contributed by atoms with Gasteiger partial charge in [-0.15, -0.1) is 0 Å². The van der Waals surface area contributed by atoms with E-state index >= 15 is 0 Å². The second-order valence-electron chi connectivity index (χ2n) is 4.13. The minimum atomic E-state index is 0.935. The van der Waals surface area contributed by atoms with Crippen molar-refractivity contribution in [2.24, 2.45) is 0 Å². The third-order valence-corrected chi connectivity index (χ3v) is 2.94. The van der Waals surface area contributed by atoms with Crippen LogP contribution in [0, 0.1) is 0 Å². The van der Waals surface area contributed by atoms with Crippen molar-refractivity contribution in [2.45, 2.75) is 26.3 Å². The highest BCUT2D eigenvalue weighted by Crippen LogP contribution is 2.09. The molecule has 0 atom stereocenters. The SMILES string of the molecule is CCc1ccccc1CNCCc1ccco1. The fourth-order valence-electron chi connectivity index (χ4n) is 1.96. The lowest BCUT2D eigenvalue weighted by Gasteiger charge is -2.08. The van der Waals surface area contributed by atoms with Crippen LogP contribution in [0.2, 0.25) is 0 Å². The first-order chi connectivity index (χ1) is 8.40. The third kappa shape index (κ3) is 3.46. The van der Waals surface area contributed by atoms with Gasteiger partial charge in [0.15, 0.2) is 0 Å². The maximum atomic E-state index is 5.29. The summed E-state index contributed by atoms with van der Waals surface area (Å²) in [4.78, 5) is 0. The van der Waals surface area contributed by atoms with Gasteiger partial charge in [0, 0.05) is 19.5 Å². The van der Waals surface area contributed by atoms with Gasteiger partial charge >= 0.3 is 0 Å². The minimum Gasteiger partial charge on any atom is -0.469 e. The molecule has 2 rings (SSSR count). The molecular formula is C15H19NO. The number of nitrogens with one attached hydrogen (secondary N) is 1. The van der Waals surface area contributed by atoms with Gasteiger partial charge in [0.25, 0.3) is 0 Å². The Hall–Kier alpha value is -1.54. The van der Waals surface area contributed by atoms with Gasteiger partial charge in [0.05, 0.1) is 6.26 Å². The van der Waals surface area contributed by atoms with E-state index in [2.05, 4.69) is 36.5 Å². The molecule has 1 aromatic heterocycles. The summed E-state index contributed by atoms with van der Waals surface area (Å²) >= 11 is 0. The van der Waals surface area contributed by atoms with Gasteiger partial charge in [-0.1, -0.05) is 31.2 Å². The van der Waals surface area contributed by atoms with Crippen molar-refractivity contribution in [3.05, 3.63) is 59.5 Å². The lowest BCUT2D eigenvalue weighted by Crippen LogP contribution is -2.17. The van der Waals surface area contributed by atoms with Crippen LogP contribution in [0.5, 0.6) is 0 Å². The summed E-state index contributed by atoms with van der Waals surface area (Å²) in [6.07, 6.45) is 3.76. The van der Waals surface area contributed by atoms with Crippen LogP contribution in [0.1, 0.15) is 23.8 Å². The van der Waals surface area contributed by atoms with E-state index in [0.29, 0.717) is 0 Å². The first-order valence-corrected chi connectivity index (χ1v) is 6.20. The number of furan rings is 1. The zero-order valence-electron chi connectivity index (χ0n) is 10.3. The van der Waals surface area contributed by atoms with Crippen LogP contribution in [0.25, 0.3) is 0 Å². The highest BCUT2D eigenvalue weighted by Gasteiger charge is 1.99. The Balaban J connectivity index is 1.78. The molecule has 2 aromatic rings. The molecule has 0 spiro atoms. The van der Waals surface area contributed by atoms with E-state index in [1.807, 2.05) is 12.1 Å². The Morgan fingerprint density at radius 1 is 1.06 bits per heavy atom. The van der Waals surface area contributed by atoms with E-state index in [-0.39, 0.29) is 0 Å². The van der Waals surface area contributed by atoms with E-state index in [9.17, 15) is 0 Å². The van der Waals surface area contributed by atoms with Crippen LogP contribution in [-0.4, -0.2) is 6.54 Å². The molecule has 0 amide bonds. The van der Waals surface area contributed by atoms with Crippen molar-refractivity contribution < 1.29 is 4.42 Å². The zero-order chi connectivity index (χ0) is 11.9. The number of hydrogen-bond donors (Lipinski definition) is 1. The summed E-state index contributed by atoms with van der Waals surface area (Å²) in [6.45, 7) is 4.08. The van der Waals surface area contributed by atoms with Crippen molar-refractivity contribution >= 4 is 0 Å². The molecule has 0 bridgehead atoms. The average Bonchev–Trinajstić information content (AvgIpc) is 2.88. The fraction of sp³-hybridized carbons (Fsp3) is 0.333. The van der Waals surface area contributed by atoms with Crippen LogP contribution in [0.4, 0.5) is 0 Å². The van der Waals surface area contributed by atoms with Gasteiger partial charge in [-0.2, -0.15) is 0 Å². The lowest BCUT2D eigenvalue weighted by atomic mass is 10.1. The molecule has 1 N–H and O–H groups in total. The van der Waals surface area contributed by atoms with Gasteiger partial charge < -0.3 is 9.73 Å².